The fraction of sp³-hybridized carbons (Fsp3) is 0.571. The van der Waals surface area contributed by atoms with E-state index >= 15 is 0 Å². The minimum Gasteiger partial charge on any atom is -0.442 e. The Hall–Kier alpha value is -0.910. The van der Waals surface area contributed by atoms with Crippen LogP contribution < -0.4 is 0 Å². The van der Waals surface area contributed by atoms with Crippen molar-refractivity contribution in [2.24, 2.45) is 0 Å². The number of carbonyl (C=O) groups is 1. The number of rotatable bonds is 0. The van der Waals surface area contributed by atoms with Crippen molar-refractivity contribution < 1.29 is 9.53 Å². The quantitative estimate of drug-likeness (QED) is 0.702. The van der Waals surface area contributed by atoms with Gasteiger partial charge in [-0.2, -0.15) is 0 Å². The van der Waals surface area contributed by atoms with E-state index in [1.165, 1.54) is 6.33 Å². The molecule has 1 aromatic heterocycles. The lowest BCUT2D eigenvalue weighted by molar-refractivity contribution is 0.0509. The first kappa shape index (κ1) is 10.2. The molecule has 0 bridgehead atoms. The van der Waals surface area contributed by atoms with Crippen LogP contribution in [0.1, 0.15) is 20.8 Å². The van der Waals surface area contributed by atoms with E-state index in [4.69, 9.17) is 4.74 Å². The molecule has 1 rings (SSSR count). The summed E-state index contributed by atoms with van der Waals surface area (Å²) in [7, 11) is 0. The van der Waals surface area contributed by atoms with Crippen LogP contribution in [0.2, 0.25) is 0 Å². The first-order valence-electron chi connectivity index (χ1n) is 3.69. The van der Waals surface area contributed by atoms with Gasteiger partial charge in [0.25, 0.3) is 0 Å². The van der Waals surface area contributed by atoms with Gasteiger partial charge < -0.3 is 4.74 Å². The van der Waals surface area contributed by atoms with Crippen LogP contribution in [0.25, 0.3) is 0 Å². The third-order valence-electron chi connectivity index (χ3n) is 1.07. The summed E-state index contributed by atoms with van der Waals surface area (Å²) in [6, 6.07) is 0. The first-order chi connectivity index (χ1) is 5.90. The van der Waals surface area contributed by atoms with Crippen LogP contribution in [-0.2, 0) is 4.74 Å². The lowest BCUT2D eigenvalue weighted by Crippen LogP contribution is -2.27. The van der Waals surface area contributed by atoms with Gasteiger partial charge >= 0.3 is 6.09 Å². The summed E-state index contributed by atoms with van der Waals surface area (Å²) in [5, 5.41) is 3.68. The summed E-state index contributed by atoms with van der Waals surface area (Å²) in [6.45, 7) is 5.36. The fourth-order valence-electron chi connectivity index (χ4n) is 0.655. The van der Waals surface area contributed by atoms with Gasteiger partial charge in [0.05, 0.1) is 0 Å². The average molecular weight is 248 g/mol. The van der Waals surface area contributed by atoms with Gasteiger partial charge in [0, 0.05) is 0 Å². The number of aromatic nitrogens is 3. The summed E-state index contributed by atoms with van der Waals surface area (Å²) in [5.41, 5.74) is -0.525. The molecule has 0 aliphatic carbocycles. The van der Waals surface area contributed by atoms with E-state index in [9.17, 15) is 4.79 Å². The number of halogens is 1. The Balaban J connectivity index is 2.76. The van der Waals surface area contributed by atoms with Crippen molar-refractivity contribution in [3.05, 3.63) is 11.1 Å². The molecule has 1 aromatic rings. The summed E-state index contributed by atoms with van der Waals surface area (Å²) >= 11 is 3.06. The Bertz CT molecular complexity index is 316. The molecule has 13 heavy (non-hydrogen) atoms. The number of carbonyl (C=O) groups excluding carboxylic acids is 1. The highest BCUT2D eigenvalue weighted by molar-refractivity contribution is 9.10. The molecular formula is C7H10BrN3O2. The van der Waals surface area contributed by atoms with E-state index in [-0.39, 0.29) is 0 Å². The van der Waals surface area contributed by atoms with Crippen LogP contribution in [-0.4, -0.2) is 26.5 Å². The normalized spacial score (nSPS) is 11.4. The van der Waals surface area contributed by atoms with Crippen LogP contribution in [0.3, 0.4) is 0 Å². The molecule has 0 N–H and O–H groups in total. The van der Waals surface area contributed by atoms with E-state index in [1.54, 1.807) is 20.8 Å². The topological polar surface area (TPSA) is 57.0 Å². The van der Waals surface area contributed by atoms with Gasteiger partial charge in [-0.05, 0) is 36.7 Å². The summed E-state index contributed by atoms with van der Waals surface area (Å²) < 4.78 is 6.44. The summed E-state index contributed by atoms with van der Waals surface area (Å²) in [4.78, 5) is 15.1. The molecule has 72 valence electrons. The highest BCUT2D eigenvalue weighted by atomic mass is 79.9. The maximum atomic E-state index is 11.4. The Labute approximate surface area is 84.2 Å². The molecule has 0 amide bonds. The molecule has 0 saturated heterocycles. The molecule has 1 heterocycles. The average Bonchev–Trinajstić information content (AvgIpc) is 2.30. The molecule has 0 atom stereocenters. The first-order valence-corrected chi connectivity index (χ1v) is 4.48. The van der Waals surface area contributed by atoms with Gasteiger partial charge in [-0.15, -0.1) is 9.78 Å². The molecule has 0 spiro atoms. The summed E-state index contributed by atoms with van der Waals surface area (Å²) in [6.07, 6.45) is 0.727. The largest absolute Gasteiger partial charge is 0.442 e. The third kappa shape index (κ3) is 2.80. The predicted octanol–water partition coefficient (Wildman–Crippen LogP) is 1.82. The van der Waals surface area contributed by atoms with E-state index in [0.717, 1.165) is 4.68 Å². The minimum absolute atomic E-state index is 0.335. The Kier molecular flexibility index (Phi) is 2.70. The molecule has 0 aromatic carbocycles. The van der Waals surface area contributed by atoms with Crippen molar-refractivity contribution >= 4 is 22.0 Å². The van der Waals surface area contributed by atoms with E-state index in [0.29, 0.717) is 4.73 Å². The van der Waals surface area contributed by atoms with Crippen molar-refractivity contribution in [1.82, 2.24) is 14.8 Å². The number of nitrogens with zero attached hydrogens (tertiary/aromatic N) is 3. The summed E-state index contributed by atoms with van der Waals surface area (Å²) in [5.74, 6) is 0. The third-order valence-corrected chi connectivity index (χ3v) is 1.61. The molecular weight excluding hydrogens is 238 g/mol. The number of hydrogen-bond acceptors (Lipinski definition) is 4. The molecule has 0 unspecified atom stereocenters. The fourth-order valence-corrected chi connectivity index (χ4v) is 0.983. The lowest BCUT2D eigenvalue weighted by atomic mass is 10.2. The molecule has 0 saturated carbocycles. The molecule has 0 fully saturated rings. The number of hydrogen-bond donors (Lipinski definition) is 0. The van der Waals surface area contributed by atoms with E-state index < -0.39 is 11.7 Å². The SMILES string of the molecule is CC(C)(C)OC(=O)n1ncnc1Br. The van der Waals surface area contributed by atoms with Crippen molar-refractivity contribution in [2.45, 2.75) is 26.4 Å². The van der Waals surface area contributed by atoms with Gasteiger partial charge in [0.2, 0.25) is 4.73 Å². The Morgan fingerprint density at radius 3 is 2.62 bits per heavy atom. The minimum atomic E-state index is -0.545. The van der Waals surface area contributed by atoms with Crippen LogP contribution in [0, 0.1) is 0 Å². The smallest absolute Gasteiger partial charge is 0.437 e. The number of ether oxygens (including phenoxy) is 1. The zero-order valence-electron chi connectivity index (χ0n) is 7.61. The predicted molar refractivity (Wildman–Crippen MR) is 49.4 cm³/mol. The van der Waals surface area contributed by atoms with Crippen molar-refractivity contribution in [2.75, 3.05) is 0 Å². The van der Waals surface area contributed by atoms with Gasteiger partial charge in [-0.1, -0.05) is 0 Å². The van der Waals surface area contributed by atoms with Crippen molar-refractivity contribution in [3.8, 4) is 0 Å². The zero-order valence-corrected chi connectivity index (χ0v) is 9.20. The lowest BCUT2D eigenvalue weighted by Gasteiger charge is -2.18. The highest BCUT2D eigenvalue weighted by Crippen LogP contribution is 2.11. The van der Waals surface area contributed by atoms with Crippen LogP contribution in [0.4, 0.5) is 4.79 Å². The molecule has 0 aliphatic rings. The molecule has 5 nitrogen and oxygen atoms in total. The van der Waals surface area contributed by atoms with Crippen LogP contribution in [0.15, 0.2) is 11.1 Å². The monoisotopic (exact) mass is 247 g/mol. The second-order valence-electron chi connectivity index (χ2n) is 3.42. The Morgan fingerprint density at radius 2 is 2.23 bits per heavy atom. The Morgan fingerprint density at radius 1 is 1.62 bits per heavy atom. The zero-order chi connectivity index (χ0) is 10.1. The van der Waals surface area contributed by atoms with Crippen molar-refractivity contribution in [1.29, 1.82) is 0 Å². The van der Waals surface area contributed by atoms with Gasteiger partial charge in [-0.25, -0.2) is 9.78 Å². The van der Waals surface area contributed by atoms with Crippen LogP contribution >= 0.6 is 15.9 Å². The second kappa shape index (κ2) is 3.45. The maximum absolute atomic E-state index is 11.4. The molecule has 0 radical (unpaired) electrons. The molecule has 6 heteroatoms. The van der Waals surface area contributed by atoms with Crippen molar-refractivity contribution in [3.63, 3.8) is 0 Å². The van der Waals surface area contributed by atoms with Gasteiger partial charge in [-0.3, -0.25) is 0 Å². The van der Waals surface area contributed by atoms with Gasteiger partial charge in [0.15, 0.2) is 0 Å². The highest BCUT2D eigenvalue weighted by Gasteiger charge is 2.19. The molecule has 0 aliphatic heterocycles. The second-order valence-corrected chi connectivity index (χ2v) is 4.13. The van der Waals surface area contributed by atoms with Gasteiger partial charge in [0.1, 0.15) is 11.9 Å². The maximum Gasteiger partial charge on any atom is 0.437 e. The standard InChI is InChI=1S/C7H10BrN3O2/c1-7(2,3)13-6(12)11-5(8)9-4-10-11/h4H,1-3H3. The van der Waals surface area contributed by atoms with E-state index in [2.05, 4.69) is 26.0 Å². The van der Waals surface area contributed by atoms with E-state index in [1.807, 2.05) is 0 Å². The van der Waals surface area contributed by atoms with Crippen LogP contribution in [0.5, 0.6) is 0 Å².